The van der Waals surface area contributed by atoms with Crippen LogP contribution < -0.4 is 15.4 Å². The summed E-state index contributed by atoms with van der Waals surface area (Å²) in [6.45, 7) is 1.64. The molecule has 1 aliphatic heterocycles. The Hall–Kier alpha value is -2.28. The number of hydrogen-bond acceptors (Lipinski definition) is 4. The lowest BCUT2D eigenvalue weighted by Gasteiger charge is -2.36. The van der Waals surface area contributed by atoms with Crippen molar-refractivity contribution in [1.29, 1.82) is 0 Å². The molecule has 3 rings (SSSR count). The number of carbonyl (C=O) groups is 3. The maximum atomic E-state index is 12.9. The summed E-state index contributed by atoms with van der Waals surface area (Å²) in [6, 6.07) is 4.31. The van der Waals surface area contributed by atoms with Crippen molar-refractivity contribution in [2.24, 2.45) is 5.92 Å². The van der Waals surface area contributed by atoms with Crippen molar-refractivity contribution in [3.05, 3.63) is 23.2 Å². The molecule has 8 heteroatoms. The van der Waals surface area contributed by atoms with Gasteiger partial charge in [-0.05, 0) is 37.0 Å². The van der Waals surface area contributed by atoms with Crippen LogP contribution in [0.25, 0.3) is 0 Å². The minimum Gasteiger partial charge on any atom is -0.495 e. The van der Waals surface area contributed by atoms with Crippen LogP contribution in [0, 0.1) is 5.92 Å². The quantitative estimate of drug-likeness (QED) is 0.787. The van der Waals surface area contributed by atoms with Gasteiger partial charge < -0.3 is 15.4 Å². The van der Waals surface area contributed by atoms with Gasteiger partial charge in [0.05, 0.1) is 12.1 Å². The van der Waals surface area contributed by atoms with E-state index in [1.807, 2.05) is 6.92 Å². The third-order valence-corrected chi connectivity index (χ3v) is 5.53. The van der Waals surface area contributed by atoms with Crippen LogP contribution in [0.4, 0.5) is 10.5 Å². The number of rotatable bonds is 4. The molecule has 0 unspecified atom stereocenters. The lowest BCUT2D eigenvalue weighted by atomic mass is 9.73. The van der Waals surface area contributed by atoms with Crippen LogP contribution in [0.2, 0.25) is 5.02 Å². The lowest BCUT2D eigenvalue weighted by Crippen LogP contribution is -2.54. The number of urea groups is 1. The van der Waals surface area contributed by atoms with E-state index in [9.17, 15) is 14.4 Å². The molecule has 1 saturated heterocycles. The van der Waals surface area contributed by atoms with E-state index in [0.717, 1.165) is 24.2 Å². The summed E-state index contributed by atoms with van der Waals surface area (Å²) in [6.07, 6.45) is 3.44. The molecule has 140 valence electrons. The van der Waals surface area contributed by atoms with Crippen LogP contribution in [-0.2, 0) is 9.59 Å². The van der Waals surface area contributed by atoms with Crippen molar-refractivity contribution in [1.82, 2.24) is 10.2 Å². The predicted octanol–water partition coefficient (Wildman–Crippen LogP) is 2.79. The Morgan fingerprint density at radius 3 is 2.85 bits per heavy atom. The standard InChI is InChI=1S/C18H22ClN3O4/c1-11-5-3-4-8-18(11)16(24)22(17(25)21-18)10-15(23)20-12-6-7-14(26-2)13(19)9-12/h6-7,9,11H,3-5,8,10H2,1-2H3,(H,20,23)(H,21,25)/t11-,18-/m1/s1. The Morgan fingerprint density at radius 1 is 1.42 bits per heavy atom. The Bertz CT molecular complexity index is 754. The number of ether oxygens (including phenoxy) is 1. The molecule has 2 N–H and O–H groups in total. The first kappa shape index (κ1) is 18.5. The fourth-order valence-corrected chi connectivity index (χ4v) is 3.98. The number of benzene rings is 1. The van der Waals surface area contributed by atoms with Crippen molar-refractivity contribution in [2.75, 3.05) is 19.0 Å². The molecule has 2 fully saturated rings. The fraction of sp³-hybridized carbons (Fsp3) is 0.500. The maximum absolute atomic E-state index is 12.9. The van der Waals surface area contributed by atoms with Crippen LogP contribution in [0.1, 0.15) is 32.6 Å². The number of halogens is 1. The van der Waals surface area contributed by atoms with Crippen molar-refractivity contribution in [2.45, 2.75) is 38.1 Å². The SMILES string of the molecule is COc1ccc(NC(=O)CN2C(=O)N[C@@]3(CCCC[C@H]3C)C2=O)cc1Cl. The summed E-state index contributed by atoms with van der Waals surface area (Å²) in [5.74, 6) is -0.221. The van der Waals surface area contributed by atoms with Crippen LogP contribution in [-0.4, -0.2) is 41.9 Å². The summed E-state index contributed by atoms with van der Waals surface area (Å²) < 4.78 is 5.06. The van der Waals surface area contributed by atoms with Gasteiger partial charge in [-0.2, -0.15) is 0 Å². The molecule has 26 heavy (non-hydrogen) atoms. The molecule has 1 aromatic rings. The molecule has 2 aliphatic rings. The Balaban J connectivity index is 1.68. The van der Waals surface area contributed by atoms with Crippen LogP contribution in [0.15, 0.2) is 18.2 Å². The summed E-state index contributed by atoms with van der Waals surface area (Å²) in [7, 11) is 1.50. The van der Waals surface area contributed by atoms with Gasteiger partial charge in [0.25, 0.3) is 5.91 Å². The van der Waals surface area contributed by atoms with E-state index in [1.165, 1.54) is 7.11 Å². The topological polar surface area (TPSA) is 87.7 Å². The first-order valence-electron chi connectivity index (χ1n) is 8.65. The number of hydrogen-bond donors (Lipinski definition) is 2. The fourth-order valence-electron chi connectivity index (χ4n) is 3.73. The summed E-state index contributed by atoms with van der Waals surface area (Å²) >= 11 is 6.04. The zero-order valence-corrected chi connectivity index (χ0v) is 15.6. The Kier molecular flexibility index (Phi) is 5.09. The highest BCUT2D eigenvalue weighted by molar-refractivity contribution is 6.32. The second-order valence-corrected chi connectivity index (χ2v) is 7.24. The number of nitrogens with zero attached hydrogens (tertiary/aromatic N) is 1. The van der Waals surface area contributed by atoms with E-state index in [4.69, 9.17) is 16.3 Å². The molecule has 2 atom stereocenters. The molecular weight excluding hydrogens is 358 g/mol. The molecule has 1 saturated carbocycles. The Morgan fingerprint density at radius 2 is 2.19 bits per heavy atom. The van der Waals surface area contributed by atoms with Crippen molar-refractivity contribution in [3.8, 4) is 5.75 Å². The number of methoxy groups -OCH3 is 1. The average molecular weight is 380 g/mol. The second kappa shape index (κ2) is 7.15. The number of nitrogens with one attached hydrogen (secondary N) is 2. The summed E-state index contributed by atoms with van der Waals surface area (Å²) in [5, 5.41) is 5.84. The molecule has 4 amide bonds. The normalized spacial score (nSPS) is 25.3. The maximum Gasteiger partial charge on any atom is 0.325 e. The molecular formula is C18H22ClN3O4. The van der Waals surface area contributed by atoms with Crippen LogP contribution in [0.5, 0.6) is 5.75 Å². The number of imide groups is 1. The van der Waals surface area contributed by atoms with Crippen LogP contribution >= 0.6 is 11.6 Å². The highest BCUT2D eigenvalue weighted by Crippen LogP contribution is 2.38. The minimum atomic E-state index is -0.862. The monoisotopic (exact) mass is 379 g/mol. The largest absolute Gasteiger partial charge is 0.495 e. The predicted molar refractivity (Wildman–Crippen MR) is 97.2 cm³/mol. The van der Waals surface area contributed by atoms with Gasteiger partial charge in [-0.25, -0.2) is 4.79 Å². The van der Waals surface area contributed by atoms with E-state index in [1.54, 1.807) is 18.2 Å². The molecule has 0 aromatic heterocycles. The first-order valence-corrected chi connectivity index (χ1v) is 9.02. The number of anilines is 1. The van der Waals surface area contributed by atoms with Gasteiger partial charge in [0.2, 0.25) is 5.91 Å². The second-order valence-electron chi connectivity index (χ2n) is 6.84. The number of amides is 4. The zero-order chi connectivity index (χ0) is 18.9. The molecule has 0 radical (unpaired) electrons. The molecule has 1 heterocycles. The Labute approximate surface area is 157 Å². The van der Waals surface area contributed by atoms with Gasteiger partial charge in [-0.3, -0.25) is 14.5 Å². The van der Waals surface area contributed by atoms with Gasteiger partial charge in [-0.1, -0.05) is 31.4 Å². The minimum absolute atomic E-state index is 0.0566. The molecule has 0 bridgehead atoms. The van der Waals surface area contributed by atoms with Gasteiger partial charge in [0, 0.05) is 5.69 Å². The third-order valence-electron chi connectivity index (χ3n) is 5.24. The first-order chi connectivity index (χ1) is 12.4. The van der Waals surface area contributed by atoms with E-state index < -0.39 is 17.5 Å². The van der Waals surface area contributed by atoms with Gasteiger partial charge >= 0.3 is 6.03 Å². The van der Waals surface area contributed by atoms with Crippen molar-refractivity contribution < 1.29 is 19.1 Å². The smallest absolute Gasteiger partial charge is 0.325 e. The molecule has 1 aromatic carbocycles. The number of carbonyl (C=O) groups excluding carboxylic acids is 3. The highest BCUT2D eigenvalue weighted by atomic mass is 35.5. The van der Waals surface area contributed by atoms with Gasteiger partial charge in [0.1, 0.15) is 17.8 Å². The van der Waals surface area contributed by atoms with Crippen LogP contribution in [0.3, 0.4) is 0 Å². The van der Waals surface area contributed by atoms with Crippen molar-refractivity contribution >= 4 is 35.1 Å². The highest BCUT2D eigenvalue weighted by Gasteiger charge is 2.55. The molecule has 1 spiro atoms. The average Bonchev–Trinajstić information content (AvgIpc) is 2.83. The molecule has 1 aliphatic carbocycles. The molecule has 7 nitrogen and oxygen atoms in total. The zero-order valence-electron chi connectivity index (χ0n) is 14.8. The van der Waals surface area contributed by atoms with Crippen molar-refractivity contribution in [3.63, 3.8) is 0 Å². The van der Waals surface area contributed by atoms with Gasteiger partial charge in [0.15, 0.2) is 0 Å². The van der Waals surface area contributed by atoms with E-state index in [2.05, 4.69) is 10.6 Å². The lowest BCUT2D eigenvalue weighted by molar-refractivity contribution is -0.136. The summed E-state index contributed by atoms with van der Waals surface area (Å²) in [4.78, 5) is 38.5. The summed E-state index contributed by atoms with van der Waals surface area (Å²) in [5.41, 5.74) is -0.396. The van der Waals surface area contributed by atoms with E-state index in [0.29, 0.717) is 22.9 Å². The third kappa shape index (κ3) is 3.23. The van der Waals surface area contributed by atoms with E-state index >= 15 is 0 Å². The van der Waals surface area contributed by atoms with E-state index in [-0.39, 0.29) is 18.4 Å². The van der Waals surface area contributed by atoms with Gasteiger partial charge in [-0.15, -0.1) is 0 Å².